The Bertz CT molecular complexity index is 4030. The maximum Gasteiger partial charge on any atom is 0.430 e. The molecule has 4 aromatic carbocycles. The normalized spacial score (nSPS) is 13.2. The Kier molecular flexibility index (Phi) is 27.4. The zero-order valence-corrected chi connectivity index (χ0v) is 57.1. The molecule has 0 spiro atoms. The summed E-state index contributed by atoms with van der Waals surface area (Å²) in [4.78, 5) is 110. The Hall–Kier alpha value is -10.6. The molecule has 0 bridgehead atoms. The highest BCUT2D eigenvalue weighted by Crippen LogP contribution is 2.38. The van der Waals surface area contributed by atoms with Crippen molar-refractivity contribution in [1.82, 2.24) is 40.6 Å². The van der Waals surface area contributed by atoms with E-state index in [4.69, 9.17) is 37.5 Å². The molecule has 8 amide bonds. The number of phenols is 1. The molecule has 99 heavy (non-hydrogen) atoms. The molecule has 0 unspecified atom stereocenters. The number of amides is 8. The lowest BCUT2D eigenvalue weighted by Crippen LogP contribution is -2.55. The summed E-state index contributed by atoms with van der Waals surface area (Å²) in [7, 11) is 9.74. The number of azide groups is 1. The molecule has 3 heterocycles. The number of urea groups is 1. The minimum atomic E-state index is -5.19. The van der Waals surface area contributed by atoms with Gasteiger partial charge in [0.1, 0.15) is 48.7 Å². The van der Waals surface area contributed by atoms with Crippen molar-refractivity contribution in [2.75, 3.05) is 64.1 Å². The average Bonchev–Trinajstić information content (AvgIpc) is 1.71. The lowest BCUT2D eigenvalue weighted by atomic mass is 9.90. The maximum atomic E-state index is 15.4. The molecule has 528 valence electrons. The van der Waals surface area contributed by atoms with E-state index in [1.54, 1.807) is 74.0 Å². The van der Waals surface area contributed by atoms with E-state index in [1.807, 2.05) is 61.7 Å². The van der Waals surface area contributed by atoms with Gasteiger partial charge in [0.15, 0.2) is 0 Å². The fraction of sp³-hybridized carbons (Fsp3) is 0.397. The second-order valence-electron chi connectivity index (χ2n) is 24.6. The number of nitriles is 1. The number of fused-ring (bicyclic) bond motifs is 1. The van der Waals surface area contributed by atoms with Crippen LogP contribution in [0.15, 0.2) is 102 Å². The van der Waals surface area contributed by atoms with E-state index in [-0.39, 0.29) is 56.1 Å². The van der Waals surface area contributed by atoms with E-state index < -0.39 is 66.5 Å². The smallest absolute Gasteiger partial charge is 0.430 e. The molecule has 0 radical (unpaired) electrons. The third kappa shape index (κ3) is 21.2. The first kappa shape index (κ1) is 77.4. The summed E-state index contributed by atoms with van der Waals surface area (Å²) in [5.41, 5.74) is 23.0. The molecule has 31 heteroatoms. The molecule has 0 aliphatic carbocycles. The molecule has 1 aliphatic rings. The Balaban J connectivity index is 0.00000209. The van der Waals surface area contributed by atoms with Crippen molar-refractivity contribution in [3.63, 3.8) is 0 Å². The predicted molar refractivity (Wildman–Crippen MR) is 362 cm³/mol. The molecule has 0 fully saturated rings. The van der Waals surface area contributed by atoms with Crippen LogP contribution in [0, 0.1) is 31.1 Å². The number of hydrogen-bond acceptors (Lipinski definition) is 14. The number of carbonyl (C=O) groups excluding carboxylic acids is 8. The lowest BCUT2D eigenvalue weighted by molar-refractivity contribution is -0.903. The highest BCUT2D eigenvalue weighted by Gasteiger charge is 2.35. The van der Waals surface area contributed by atoms with Crippen LogP contribution in [-0.2, 0) is 64.1 Å². The number of phenolic OH excluding ortho intramolecular Hbond substituents is 1. The number of alkyl carbamates (subject to hydrolysis) is 1. The molecule has 6 aromatic rings. The van der Waals surface area contributed by atoms with Crippen LogP contribution in [0.5, 0.6) is 5.75 Å². The Morgan fingerprint density at radius 3 is 2.21 bits per heavy atom. The summed E-state index contributed by atoms with van der Waals surface area (Å²) in [5, 5.41) is 49.0. The molecular weight excluding hydrogens is 1310 g/mol. The summed E-state index contributed by atoms with van der Waals surface area (Å²) in [5.74, 6) is -5.87. The molecule has 0 saturated heterocycles. The van der Waals surface area contributed by atoms with Gasteiger partial charge in [-0.2, -0.15) is 18.4 Å². The van der Waals surface area contributed by atoms with Crippen LogP contribution in [0.1, 0.15) is 99.6 Å². The predicted octanol–water partition coefficient (Wildman–Crippen LogP) is 7.55. The first-order valence-electron chi connectivity index (χ1n) is 31.5. The third-order valence-electron chi connectivity index (χ3n) is 16.8. The van der Waals surface area contributed by atoms with Crippen molar-refractivity contribution >= 4 is 76.3 Å². The highest BCUT2D eigenvalue weighted by atomic mass is 35.5. The number of carboxylic acids is 1. The van der Waals surface area contributed by atoms with Crippen LogP contribution in [-0.4, -0.2) is 149 Å². The number of nitrogens with zero attached hydrogens (tertiary/aromatic N) is 9. The first-order chi connectivity index (χ1) is 46.8. The van der Waals surface area contributed by atoms with Crippen molar-refractivity contribution in [3.8, 4) is 23.1 Å². The van der Waals surface area contributed by atoms with Crippen LogP contribution in [0.2, 0.25) is 5.02 Å². The second kappa shape index (κ2) is 35.1. The molecular formula is C68H82ClF3N16O11. The van der Waals surface area contributed by atoms with Gasteiger partial charge in [-0.25, -0.2) is 9.59 Å². The number of ether oxygens (including phenoxy) is 1. The number of benzene rings is 4. The number of alkyl halides is 3. The molecule has 7 rings (SSSR count). The van der Waals surface area contributed by atoms with Gasteiger partial charge >= 0.3 is 18.3 Å². The minimum Gasteiger partial charge on any atom is -0.542 e. The van der Waals surface area contributed by atoms with Gasteiger partial charge in [-0.3, -0.25) is 28.9 Å². The number of carbonyl (C=O) groups is 8. The number of nitrogens with one attached hydrogen (secondary N) is 6. The topological polar surface area (TPSA) is 376 Å². The van der Waals surface area contributed by atoms with Gasteiger partial charge in [0.25, 0.3) is 11.8 Å². The van der Waals surface area contributed by atoms with E-state index in [2.05, 4.69) is 74.2 Å². The number of rotatable bonds is 28. The van der Waals surface area contributed by atoms with Gasteiger partial charge < -0.3 is 75.9 Å². The van der Waals surface area contributed by atoms with Gasteiger partial charge in [-0.05, 0) is 148 Å². The first-order valence-corrected chi connectivity index (χ1v) is 31.9. The van der Waals surface area contributed by atoms with Crippen molar-refractivity contribution in [3.05, 3.63) is 163 Å². The summed E-state index contributed by atoms with van der Waals surface area (Å²) in [6.45, 7) is 8.62. The molecule has 2 aromatic heterocycles. The van der Waals surface area contributed by atoms with E-state index in [0.717, 1.165) is 29.7 Å². The lowest BCUT2D eigenvalue weighted by Gasteiger charge is -2.38. The number of aromatic nitrogens is 2. The fourth-order valence-electron chi connectivity index (χ4n) is 11.4. The number of halogens is 4. The fourth-order valence-corrected chi connectivity index (χ4v) is 11.6. The zero-order valence-electron chi connectivity index (χ0n) is 56.4. The molecule has 1 aliphatic heterocycles. The summed E-state index contributed by atoms with van der Waals surface area (Å²) < 4.78 is 40.6. The molecule has 0 saturated carbocycles. The van der Waals surface area contributed by atoms with Crippen LogP contribution in [0.4, 0.5) is 39.8 Å². The number of carboxylic acid groups (broad SMARTS) is 1. The maximum absolute atomic E-state index is 15.4. The number of hydrogen-bond donors (Lipinski definition) is 8. The zero-order chi connectivity index (χ0) is 73.1. The van der Waals surface area contributed by atoms with Gasteiger partial charge in [0.2, 0.25) is 17.7 Å². The minimum absolute atomic E-state index is 0.0286. The number of aliphatic carboxylic acids is 1. The quantitative estimate of drug-likeness (QED) is 0.00774. The van der Waals surface area contributed by atoms with Crippen molar-refractivity contribution < 1.29 is 71.0 Å². The summed E-state index contributed by atoms with van der Waals surface area (Å²) in [6.07, 6.45) is -3.66. The van der Waals surface area contributed by atoms with Gasteiger partial charge in [0, 0.05) is 94.9 Å². The summed E-state index contributed by atoms with van der Waals surface area (Å²) in [6, 6.07) is 27.9. The number of quaternary nitrogens is 1. The number of nitrogens with two attached hydrogens (primary N) is 1. The second-order valence-corrected chi connectivity index (χ2v) is 25.1. The standard InChI is InChI=1S/C66H81ClN16O9.C2HF3O2/c1-40(2)60(77-59(85)37-73-66(91)92-29-27-74-78-70)62(87)76-56(17-12-26-72-65(69)90)61(86)75-48-20-18-45(46(30-48)36-71-5)39-83(8,9)28-13-16-50-31-43-14-10-11-15-44(43)38-81(50)63(88)53-25-19-47(67)32-55(53)58-34-54(41(3)80(58)7)64(89)82(49-21-23-52(84)24-22-49)57-33-51(35-68)79(6)42(57)4;3-2(4,5)1(6)7/h10-11,14-15,18-25,30,32-34,40,50,56,60,71H,12-13,16-17,26-29,31,36-39H2,1-9H3,(H7-,69,72,73,75,76,77,84,85,86,87,90,91);(H,6,7)/t50-,56+,60+;/m1./s1. The Labute approximate surface area is 575 Å². The third-order valence-corrected chi connectivity index (χ3v) is 17.0. The molecule has 9 N–H and O–H groups in total. The van der Waals surface area contributed by atoms with Crippen LogP contribution < -0.4 is 47.6 Å². The highest BCUT2D eigenvalue weighted by molar-refractivity contribution is 6.31. The van der Waals surface area contributed by atoms with Gasteiger partial charge in [-0.15, -0.1) is 0 Å². The van der Waals surface area contributed by atoms with Crippen molar-refractivity contribution in [2.24, 2.45) is 30.9 Å². The molecule has 3 atom stereocenters. The van der Waals surface area contributed by atoms with Crippen LogP contribution in [0.3, 0.4) is 0 Å². The van der Waals surface area contributed by atoms with Gasteiger partial charge in [0.05, 0.1) is 45.0 Å². The van der Waals surface area contributed by atoms with E-state index in [9.17, 15) is 47.5 Å². The number of aromatic hydroxyl groups is 1. The number of anilines is 3. The number of primary amides is 1. The Morgan fingerprint density at radius 2 is 1.59 bits per heavy atom. The van der Waals surface area contributed by atoms with Gasteiger partial charge in [-0.1, -0.05) is 60.9 Å². The summed E-state index contributed by atoms with van der Waals surface area (Å²) >= 11 is 6.79. The van der Waals surface area contributed by atoms with E-state index in [1.165, 1.54) is 22.6 Å². The van der Waals surface area contributed by atoms with Crippen LogP contribution in [0.25, 0.3) is 21.7 Å². The largest absolute Gasteiger partial charge is 0.542 e. The van der Waals surface area contributed by atoms with Crippen LogP contribution >= 0.6 is 11.6 Å². The SMILES string of the molecule is CNCc1cc(NC(=O)[C@H](CCCNC(N)=O)NC(=O)[C@@H](NC(=O)CNC(=O)OCCN=[N+]=[N-])C(C)C)ccc1C[N+](C)(C)CCC[C@@H]1Cc2ccccc2CN1C(=O)c1ccc(Cl)cc1-c1cc(C(=O)N(c2ccc(O)cc2)c2cc(C#N)n(C)c2C)c(C)n1C.O=C([O-])C(F)(F)F. The van der Waals surface area contributed by atoms with E-state index in [0.29, 0.717) is 98.5 Å². The average molecular weight is 1390 g/mol. The monoisotopic (exact) mass is 1390 g/mol. The van der Waals surface area contributed by atoms with Crippen molar-refractivity contribution in [2.45, 2.75) is 104 Å². The Morgan fingerprint density at radius 1 is 0.899 bits per heavy atom. The molecule has 27 nitrogen and oxygen atoms in total. The van der Waals surface area contributed by atoms with E-state index >= 15 is 9.59 Å². The van der Waals surface area contributed by atoms with Crippen molar-refractivity contribution in [1.29, 1.82) is 5.26 Å².